The third-order valence-corrected chi connectivity index (χ3v) is 4.31. The SMILES string of the molecule is CC(C)N1CCC[C@H](Cc2nccnc2-c2cn[nH]c2)C1. The van der Waals surface area contributed by atoms with E-state index in [1.54, 1.807) is 12.4 Å². The summed E-state index contributed by atoms with van der Waals surface area (Å²) in [6.07, 6.45) is 10.8. The summed E-state index contributed by atoms with van der Waals surface area (Å²) in [5.41, 5.74) is 3.08. The Morgan fingerprint density at radius 1 is 1.33 bits per heavy atom. The topological polar surface area (TPSA) is 57.7 Å². The minimum Gasteiger partial charge on any atom is -0.301 e. The first-order chi connectivity index (χ1) is 10.2. The number of piperidine rings is 1. The second-order valence-electron chi connectivity index (χ2n) is 6.14. The first kappa shape index (κ1) is 14.2. The van der Waals surface area contributed by atoms with E-state index in [0.29, 0.717) is 12.0 Å². The number of rotatable bonds is 4. The van der Waals surface area contributed by atoms with Crippen LogP contribution in [0.4, 0.5) is 0 Å². The Balaban J connectivity index is 1.76. The van der Waals surface area contributed by atoms with Crippen molar-refractivity contribution in [3.63, 3.8) is 0 Å². The van der Waals surface area contributed by atoms with E-state index in [-0.39, 0.29) is 0 Å². The van der Waals surface area contributed by atoms with Crippen molar-refractivity contribution in [2.75, 3.05) is 13.1 Å². The lowest BCUT2D eigenvalue weighted by Gasteiger charge is -2.35. The van der Waals surface area contributed by atoms with Crippen molar-refractivity contribution in [1.29, 1.82) is 0 Å². The molecule has 2 aromatic rings. The summed E-state index contributed by atoms with van der Waals surface area (Å²) in [6.45, 7) is 6.95. The summed E-state index contributed by atoms with van der Waals surface area (Å²) in [4.78, 5) is 11.7. The Bertz CT molecular complexity index is 564. The minimum atomic E-state index is 0.628. The van der Waals surface area contributed by atoms with Crippen molar-refractivity contribution in [1.82, 2.24) is 25.1 Å². The quantitative estimate of drug-likeness (QED) is 0.938. The van der Waals surface area contributed by atoms with Gasteiger partial charge in [0, 0.05) is 36.7 Å². The Morgan fingerprint density at radius 3 is 2.95 bits per heavy atom. The van der Waals surface area contributed by atoms with Crippen molar-refractivity contribution >= 4 is 0 Å². The number of hydrogen-bond donors (Lipinski definition) is 1. The maximum absolute atomic E-state index is 4.58. The third-order valence-electron chi connectivity index (χ3n) is 4.31. The average molecular weight is 285 g/mol. The van der Waals surface area contributed by atoms with Crippen molar-refractivity contribution in [3.05, 3.63) is 30.5 Å². The van der Waals surface area contributed by atoms with E-state index < -0.39 is 0 Å². The van der Waals surface area contributed by atoms with Crippen LogP contribution in [0, 0.1) is 5.92 Å². The van der Waals surface area contributed by atoms with Gasteiger partial charge in [-0.25, -0.2) is 0 Å². The number of aromatic amines is 1. The number of nitrogens with one attached hydrogen (secondary N) is 1. The molecular formula is C16H23N5. The maximum atomic E-state index is 4.58. The van der Waals surface area contributed by atoms with Gasteiger partial charge in [0.05, 0.1) is 17.6 Å². The fourth-order valence-electron chi connectivity index (χ4n) is 3.14. The predicted octanol–water partition coefficient (Wildman–Crippen LogP) is 2.53. The molecule has 0 unspecified atom stereocenters. The van der Waals surface area contributed by atoms with E-state index in [9.17, 15) is 0 Å². The second-order valence-corrected chi connectivity index (χ2v) is 6.14. The average Bonchev–Trinajstić information content (AvgIpc) is 3.02. The maximum Gasteiger partial charge on any atom is 0.0948 e. The fraction of sp³-hybridized carbons (Fsp3) is 0.562. The highest BCUT2D eigenvalue weighted by atomic mass is 15.2. The number of nitrogens with zero attached hydrogens (tertiary/aromatic N) is 4. The molecule has 5 nitrogen and oxygen atoms in total. The molecule has 3 heterocycles. The van der Waals surface area contributed by atoms with Crippen LogP contribution in [0.15, 0.2) is 24.8 Å². The van der Waals surface area contributed by atoms with Gasteiger partial charge in [-0.05, 0) is 45.6 Å². The smallest absolute Gasteiger partial charge is 0.0948 e. The van der Waals surface area contributed by atoms with Crippen LogP contribution in [0.3, 0.4) is 0 Å². The van der Waals surface area contributed by atoms with Gasteiger partial charge in [-0.2, -0.15) is 5.10 Å². The van der Waals surface area contributed by atoms with Crippen molar-refractivity contribution < 1.29 is 0 Å². The van der Waals surface area contributed by atoms with E-state index in [1.165, 1.54) is 25.9 Å². The molecule has 1 atom stereocenters. The van der Waals surface area contributed by atoms with Crippen LogP contribution in [0.1, 0.15) is 32.4 Å². The van der Waals surface area contributed by atoms with Gasteiger partial charge in [0.25, 0.3) is 0 Å². The van der Waals surface area contributed by atoms with Gasteiger partial charge in [-0.15, -0.1) is 0 Å². The van der Waals surface area contributed by atoms with E-state index in [0.717, 1.165) is 23.4 Å². The molecule has 21 heavy (non-hydrogen) atoms. The summed E-state index contributed by atoms with van der Waals surface area (Å²) in [5.74, 6) is 0.670. The zero-order valence-corrected chi connectivity index (χ0v) is 12.8. The van der Waals surface area contributed by atoms with Gasteiger partial charge in [-0.3, -0.25) is 15.1 Å². The monoisotopic (exact) mass is 285 g/mol. The number of hydrogen-bond acceptors (Lipinski definition) is 4. The highest BCUT2D eigenvalue weighted by molar-refractivity contribution is 5.59. The first-order valence-electron chi connectivity index (χ1n) is 7.77. The van der Waals surface area contributed by atoms with E-state index in [4.69, 9.17) is 0 Å². The summed E-state index contributed by atoms with van der Waals surface area (Å²) in [7, 11) is 0. The van der Waals surface area contributed by atoms with Crippen LogP contribution in [-0.4, -0.2) is 44.2 Å². The molecule has 0 spiro atoms. The molecule has 0 radical (unpaired) electrons. The molecule has 0 amide bonds. The van der Waals surface area contributed by atoms with Crippen LogP contribution < -0.4 is 0 Å². The lowest BCUT2D eigenvalue weighted by atomic mass is 9.91. The third kappa shape index (κ3) is 3.29. The molecule has 1 N–H and O–H groups in total. The van der Waals surface area contributed by atoms with Gasteiger partial charge < -0.3 is 4.90 Å². The van der Waals surface area contributed by atoms with Crippen LogP contribution >= 0.6 is 0 Å². The van der Waals surface area contributed by atoms with Crippen LogP contribution in [-0.2, 0) is 6.42 Å². The molecule has 1 fully saturated rings. The molecule has 1 saturated heterocycles. The standard InChI is InChI=1S/C16H23N5/c1-12(2)21-7-3-4-13(11-21)8-15-16(18-6-5-17-15)14-9-19-20-10-14/h5-6,9-10,12-13H,3-4,7-8,11H2,1-2H3,(H,19,20)/t13-/m1/s1. The molecule has 1 aliphatic rings. The predicted molar refractivity (Wildman–Crippen MR) is 82.8 cm³/mol. The Kier molecular flexibility index (Phi) is 4.29. The van der Waals surface area contributed by atoms with Crippen LogP contribution in [0.25, 0.3) is 11.3 Å². The highest BCUT2D eigenvalue weighted by Crippen LogP contribution is 2.25. The lowest BCUT2D eigenvalue weighted by Crippen LogP contribution is -2.40. The Labute approximate surface area is 125 Å². The zero-order valence-electron chi connectivity index (χ0n) is 12.8. The largest absolute Gasteiger partial charge is 0.301 e. The first-order valence-corrected chi connectivity index (χ1v) is 7.77. The zero-order chi connectivity index (χ0) is 14.7. The molecule has 0 aromatic carbocycles. The summed E-state index contributed by atoms with van der Waals surface area (Å²) in [6, 6.07) is 0.628. The van der Waals surface area contributed by atoms with Gasteiger partial charge >= 0.3 is 0 Å². The lowest BCUT2D eigenvalue weighted by molar-refractivity contribution is 0.139. The second kappa shape index (κ2) is 6.35. The van der Waals surface area contributed by atoms with Crippen molar-refractivity contribution in [2.24, 2.45) is 5.92 Å². The van der Waals surface area contributed by atoms with E-state index in [1.807, 2.05) is 12.4 Å². The molecule has 0 bridgehead atoms. The molecule has 5 heteroatoms. The summed E-state index contributed by atoms with van der Waals surface area (Å²) < 4.78 is 0. The molecule has 0 aliphatic carbocycles. The normalized spacial score (nSPS) is 20.0. The van der Waals surface area contributed by atoms with Gasteiger partial charge in [0.1, 0.15) is 0 Å². The van der Waals surface area contributed by atoms with Crippen LogP contribution in [0.5, 0.6) is 0 Å². The van der Waals surface area contributed by atoms with Crippen molar-refractivity contribution in [3.8, 4) is 11.3 Å². The van der Waals surface area contributed by atoms with Gasteiger partial charge in [-0.1, -0.05) is 0 Å². The fourth-order valence-corrected chi connectivity index (χ4v) is 3.14. The molecule has 2 aromatic heterocycles. The number of H-pyrrole nitrogens is 1. The highest BCUT2D eigenvalue weighted by Gasteiger charge is 2.23. The molecule has 3 rings (SSSR count). The Hall–Kier alpha value is -1.75. The molecule has 112 valence electrons. The molecular weight excluding hydrogens is 262 g/mol. The minimum absolute atomic E-state index is 0.628. The summed E-state index contributed by atoms with van der Waals surface area (Å²) in [5, 5.41) is 6.88. The molecule has 0 saturated carbocycles. The van der Waals surface area contributed by atoms with E-state index >= 15 is 0 Å². The summed E-state index contributed by atoms with van der Waals surface area (Å²) >= 11 is 0. The van der Waals surface area contributed by atoms with Gasteiger partial charge in [0.2, 0.25) is 0 Å². The van der Waals surface area contributed by atoms with Gasteiger partial charge in [0.15, 0.2) is 0 Å². The number of likely N-dealkylation sites (tertiary alicyclic amines) is 1. The number of aromatic nitrogens is 4. The Morgan fingerprint density at radius 2 is 2.19 bits per heavy atom. The molecule has 1 aliphatic heterocycles. The van der Waals surface area contributed by atoms with Crippen molar-refractivity contribution in [2.45, 2.75) is 39.2 Å². The van der Waals surface area contributed by atoms with E-state index in [2.05, 4.69) is 38.9 Å². The van der Waals surface area contributed by atoms with Crippen LogP contribution in [0.2, 0.25) is 0 Å².